The number of hydrogen-bond acceptors (Lipinski definition) is 2. The SMILES string of the molecule is CCCCNC(=O)I.c1ccoc1. The van der Waals surface area contributed by atoms with Crippen molar-refractivity contribution in [3.05, 3.63) is 24.7 Å². The van der Waals surface area contributed by atoms with E-state index in [1.807, 2.05) is 12.1 Å². The minimum atomic E-state index is 0.0380. The second-order valence-electron chi connectivity index (χ2n) is 2.35. The number of furan rings is 1. The van der Waals surface area contributed by atoms with Crippen LogP contribution in [0.15, 0.2) is 29.1 Å². The molecule has 1 N–H and O–H groups in total. The maximum absolute atomic E-state index is 10.2. The van der Waals surface area contributed by atoms with E-state index in [1.165, 1.54) is 0 Å². The van der Waals surface area contributed by atoms with Gasteiger partial charge in [0.2, 0.25) is 0 Å². The summed E-state index contributed by atoms with van der Waals surface area (Å²) in [4.78, 5) is 10.2. The van der Waals surface area contributed by atoms with Crippen LogP contribution in [0, 0.1) is 0 Å². The number of hydrogen-bond donors (Lipinski definition) is 1. The summed E-state index contributed by atoms with van der Waals surface area (Å²) in [5.41, 5.74) is 0. The zero-order valence-corrected chi connectivity index (χ0v) is 9.78. The van der Waals surface area contributed by atoms with Crippen molar-refractivity contribution >= 4 is 26.5 Å². The Balaban J connectivity index is 0.000000243. The fourth-order valence-electron chi connectivity index (χ4n) is 0.590. The van der Waals surface area contributed by atoms with E-state index in [0.29, 0.717) is 0 Å². The number of amides is 1. The maximum atomic E-state index is 10.2. The van der Waals surface area contributed by atoms with Crippen molar-refractivity contribution in [2.75, 3.05) is 6.54 Å². The first-order valence-electron chi connectivity index (χ1n) is 4.18. The third kappa shape index (κ3) is 11.5. The standard InChI is InChI=1S/C5H10INO.C4H4O/c1-2-3-4-7-5(6)8;1-2-4-5-3-1/h2-4H2,1H3,(H,7,8);1-4H. The van der Waals surface area contributed by atoms with Crippen LogP contribution >= 0.6 is 22.6 Å². The molecule has 0 unspecified atom stereocenters. The van der Waals surface area contributed by atoms with Gasteiger partial charge < -0.3 is 9.73 Å². The largest absolute Gasteiger partial charge is 0.473 e. The summed E-state index contributed by atoms with van der Waals surface area (Å²) in [5.74, 6) is 0. The predicted molar refractivity (Wildman–Crippen MR) is 61.0 cm³/mol. The molecule has 1 heterocycles. The van der Waals surface area contributed by atoms with Gasteiger partial charge in [-0.3, -0.25) is 4.79 Å². The van der Waals surface area contributed by atoms with E-state index in [-0.39, 0.29) is 3.91 Å². The van der Waals surface area contributed by atoms with Crippen LogP contribution in [0.1, 0.15) is 19.8 Å². The molecule has 0 saturated carbocycles. The summed E-state index contributed by atoms with van der Waals surface area (Å²) in [6, 6.07) is 3.67. The predicted octanol–water partition coefficient (Wildman–Crippen LogP) is 3.21. The molecule has 1 aromatic rings. The molecule has 0 radical (unpaired) electrons. The van der Waals surface area contributed by atoms with E-state index < -0.39 is 0 Å². The first-order valence-corrected chi connectivity index (χ1v) is 5.25. The molecule has 0 fully saturated rings. The summed E-state index contributed by atoms with van der Waals surface area (Å²) in [7, 11) is 0. The van der Waals surface area contributed by atoms with Gasteiger partial charge in [0, 0.05) is 29.1 Å². The molecule has 0 spiro atoms. The molecular formula is C9H14INO2. The second kappa shape index (κ2) is 9.57. The second-order valence-corrected chi connectivity index (χ2v) is 3.33. The molecule has 3 nitrogen and oxygen atoms in total. The van der Waals surface area contributed by atoms with Gasteiger partial charge in [0.05, 0.1) is 12.5 Å². The lowest BCUT2D eigenvalue weighted by molar-refractivity contribution is 0.263. The molecule has 74 valence electrons. The Hall–Kier alpha value is -0.520. The lowest BCUT2D eigenvalue weighted by Gasteiger charge is -1.95. The summed E-state index contributed by atoms with van der Waals surface area (Å²) < 4.78 is 4.62. The lowest BCUT2D eigenvalue weighted by Crippen LogP contribution is -2.16. The fraction of sp³-hybridized carbons (Fsp3) is 0.444. The number of nitrogens with one attached hydrogen (secondary N) is 1. The Morgan fingerprint density at radius 1 is 1.46 bits per heavy atom. The van der Waals surface area contributed by atoms with Crippen LogP contribution in [-0.4, -0.2) is 10.5 Å². The van der Waals surface area contributed by atoms with Crippen LogP contribution in [0.4, 0.5) is 4.79 Å². The highest BCUT2D eigenvalue weighted by Crippen LogP contribution is 1.86. The molecule has 0 aliphatic rings. The van der Waals surface area contributed by atoms with E-state index in [1.54, 1.807) is 35.1 Å². The summed E-state index contributed by atoms with van der Waals surface area (Å²) >= 11 is 1.73. The average Bonchev–Trinajstić information content (AvgIpc) is 2.61. The molecule has 1 rings (SSSR count). The Labute approximate surface area is 92.0 Å². The van der Waals surface area contributed by atoms with E-state index in [4.69, 9.17) is 0 Å². The Morgan fingerprint density at radius 2 is 2.08 bits per heavy atom. The van der Waals surface area contributed by atoms with Gasteiger partial charge in [-0.25, -0.2) is 0 Å². The molecule has 0 saturated heterocycles. The Bertz CT molecular complexity index is 182. The zero-order valence-electron chi connectivity index (χ0n) is 7.63. The van der Waals surface area contributed by atoms with Gasteiger partial charge in [0.25, 0.3) is 3.91 Å². The molecule has 0 bridgehead atoms. The summed E-state index contributed by atoms with van der Waals surface area (Å²) in [6.07, 6.45) is 5.46. The van der Waals surface area contributed by atoms with Crippen molar-refractivity contribution in [2.45, 2.75) is 19.8 Å². The van der Waals surface area contributed by atoms with Crippen LogP contribution in [0.2, 0.25) is 0 Å². The molecule has 0 aliphatic heterocycles. The van der Waals surface area contributed by atoms with Gasteiger partial charge in [-0.2, -0.15) is 0 Å². The van der Waals surface area contributed by atoms with Crippen LogP contribution in [0.5, 0.6) is 0 Å². The summed E-state index contributed by atoms with van der Waals surface area (Å²) in [5, 5.41) is 2.69. The number of carbonyl (C=O) groups is 1. The third-order valence-electron chi connectivity index (χ3n) is 1.22. The van der Waals surface area contributed by atoms with Crippen LogP contribution < -0.4 is 5.32 Å². The lowest BCUT2D eigenvalue weighted by atomic mass is 10.3. The van der Waals surface area contributed by atoms with Crippen molar-refractivity contribution in [1.29, 1.82) is 0 Å². The highest BCUT2D eigenvalue weighted by atomic mass is 127. The van der Waals surface area contributed by atoms with Crippen molar-refractivity contribution in [3.8, 4) is 0 Å². The fourth-order valence-corrected chi connectivity index (χ4v) is 0.860. The van der Waals surface area contributed by atoms with Gasteiger partial charge in [0.15, 0.2) is 0 Å². The van der Waals surface area contributed by atoms with Crippen molar-refractivity contribution < 1.29 is 9.21 Å². The number of halogens is 1. The number of rotatable bonds is 3. The van der Waals surface area contributed by atoms with Crippen molar-refractivity contribution in [3.63, 3.8) is 0 Å². The number of carbonyl (C=O) groups excluding carboxylic acids is 1. The highest BCUT2D eigenvalue weighted by molar-refractivity contribution is 14.1. The molecule has 1 aromatic heterocycles. The van der Waals surface area contributed by atoms with Gasteiger partial charge in [-0.05, 0) is 18.6 Å². The molecular weight excluding hydrogens is 281 g/mol. The van der Waals surface area contributed by atoms with Gasteiger partial charge in [-0.15, -0.1) is 0 Å². The van der Waals surface area contributed by atoms with Crippen molar-refractivity contribution in [2.24, 2.45) is 0 Å². The molecule has 0 aromatic carbocycles. The minimum Gasteiger partial charge on any atom is -0.473 e. The number of unbranched alkanes of at least 4 members (excludes halogenated alkanes) is 1. The first kappa shape index (κ1) is 12.5. The molecule has 4 heteroatoms. The first-order chi connectivity index (χ1) is 6.27. The van der Waals surface area contributed by atoms with E-state index in [0.717, 1.165) is 19.4 Å². The maximum Gasteiger partial charge on any atom is 0.280 e. The zero-order chi connectivity index (χ0) is 9.94. The Morgan fingerprint density at radius 3 is 2.38 bits per heavy atom. The van der Waals surface area contributed by atoms with Crippen LogP contribution in [-0.2, 0) is 0 Å². The quantitative estimate of drug-likeness (QED) is 0.403. The molecule has 1 amide bonds. The molecule has 0 atom stereocenters. The Kier molecular flexibility index (Phi) is 9.18. The van der Waals surface area contributed by atoms with Crippen LogP contribution in [0.3, 0.4) is 0 Å². The normalized spacial score (nSPS) is 8.46. The van der Waals surface area contributed by atoms with Gasteiger partial charge in [-0.1, -0.05) is 13.3 Å². The van der Waals surface area contributed by atoms with Crippen molar-refractivity contribution in [1.82, 2.24) is 5.32 Å². The average molecular weight is 295 g/mol. The van der Waals surface area contributed by atoms with E-state index in [9.17, 15) is 4.79 Å². The molecule has 0 aliphatic carbocycles. The minimum absolute atomic E-state index is 0.0380. The smallest absolute Gasteiger partial charge is 0.280 e. The highest BCUT2D eigenvalue weighted by Gasteiger charge is 1.87. The van der Waals surface area contributed by atoms with Gasteiger partial charge in [0.1, 0.15) is 0 Å². The molecule has 13 heavy (non-hydrogen) atoms. The van der Waals surface area contributed by atoms with Gasteiger partial charge >= 0.3 is 0 Å². The summed E-state index contributed by atoms with van der Waals surface area (Å²) in [6.45, 7) is 2.91. The van der Waals surface area contributed by atoms with E-state index in [2.05, 4.69) is 16.7 Å². The van der Waals surface area contributed by atoms with E-state index >= 15 is 0 Å². The third-order valence-corrected chi connectivity index (χ3v) is 1.60. The topological polar surface area (TPSA) is 42.2 Å². The van der Waals surface area contributed by atoms with Crippen LogP contribution in [0.25, 0.3) is 0 Å². The monoisotopic (exact) mass is 295 g/mol.